The lowest BCUT2D eigenvalue weighted by Crippen LogP contribution is -2.09. The zero-order valence-corrected chi connectivity index (χ0v) is 11.9. The predicted octanol–water partition coefficient (Wildman–Crippen LogP) is 2.69. The van der Waals surface area contributed by atoms with Crippen molar-refractivity contribution in [2.45, 2.75) is 6.92 Å². The molecule has 4 aromatic rings. The Hall–Kier alpha value is -3.02. The van der Waals surface area contributed by atoms with Crippen LogP contribution in [0.25, 0.3) is 33.7 Å². The molecular weight excluding hydrogens is 278 g/mol. The maximum Gasteiger partial charge on any atom is 0.247 e. The van der Waals surface area contributed by atoms with Gasteiger partial charge in [0.1, 0.15) is 5.69 Å². The first-order chi connectivity index (χ1) is 10.8. The van der Waals surface area contributed by atoms with E-state index >= 15 is 0 Å². The topological polar surface area (TPSA) is 80.0 Å². The fourth-order valence-corrected chi connectivity index (χ4v) is 2.38. The summed E-state index contributed by atoms with van der Waals surface area (Å²) < 4.78 is 5.84. The van der Waals surface area contributed by atoms with Gasteiger partial charge >= 0.3 is 0 Å². The smallest absolute Gasteiger partial charge is 0.247 e. The van der Waals surface area contributed by atoms with Gasteiger partial charge in [-0.3, -0.25) is 0 Å². The Balaban J connectivity index is 2.00. The zero-order valence-electron chi connectivity index (χ0n) is 11.9. The van der Waals surface area contributed by atoms with Crippen LogP contribution in [-0.4, -0.2) is 26.5 Å². The van der Waals surface area contributed by atoms with E-state index in [1.165, 1.54) is 0 Å². The molecule has 6 nitrogen and oxygen atoms in total. The van der Waals surface area contributed by atoms with Gasteiger partial charge in [-0.25, -0.2) is 15.0 Å². The third-order valence-corrected chi connectivity index (χ3v) is 3.34. The van der Waals surface area contributed by atoms with Gasteiger partial charge in [0.15, 0.2) is 11.2 Å². The highest BCUT2D eigenvalue weighted by Crippen LogP contribution is 2.22. The molecule has 0 aliphatic heterocycles. The summed E-state index contributed by atoms with van der Waals surface area (Å²) in [6, 6.07) is 10.0. The van der Waals surface area contributed by atoms with Crippen molar-refractivity contribution in [3.63, 3.8) is 0 Å². The normalized spacial score (nSPS) is 12.3. The van der Waals surface area contributed by atoms with E-state index in [0.29, 0.717) is 29.2 Å². The van der Waals surface area contributed by atoms with Gasteiger partial charge < -0.3 is 9.40 Å². The summed E-state index contributed by atoms with van der Waals surface area (Å²) in [5.74, 6) is 0.455. The van der Waals surface area contributed by atoms with Crippen LogP contribution in [0.3, 0.4) is 0 Å². The fraction of sp³-hybridized carbons (Fsp3) is 0.125. The maximum absolute atomic E-state index is 5.84. The number of nitrogens with one attached hydrogen (secondary N) is 1. The molecule has 0 fully saturated rings. The van der Waals surface area contributed by atoms with Crippen LogP contribution in [0.15, 0.2) is 52.1 Å². The van der Waals surface area contributed by atoms with Gasteiger partial charge in [0.25, 0.3) is 0 Å². The molecule has 108 valence electrons. The molecule has 0 amide bonds. The minimum atomic E-state index is 0.453. The Morgan fingerprint density at radius 2 is 2.05 bits per heavy atom. The molecule has 0 radical (unpaired) electrons. The van der Waals surface area contributed by atoms with Gasteiger partial charge in [-0.05, 0) is 19.1 Å². The Kier molecular flexibility index (Phi) is 2.93. The third-order valence-electron chi connectivity index (χ3n) is 3.34. The van der Waals surface area contributed by atoms with Crippen molar-refractivity contribution in [2.24, 2.45) is 4.99 Å². The second-order valence-corrected chi connectivity index (χ2v) is 4.80. The van der Waals surface area contributed by atoms with Gasteiger partial charge in [0, 0.05) is 29.8 Å². The molecule has 4 rings (SSSR count). The Bertz CT molecular complexity index is 998. The molecule has 0 saturated heterocycles. The van der Waals surface area contributed by atoms with E-state index in [9.17, 15) is 0 Å². The van der Waals surface area contributed by atoms with Gasteiger partial charge in [-0.15, -0.1) is 0 Å². The average Bonchev–Trinajstić information content (AvgIpc) is 2.99. The summed E-state index contributed by atoms with van der Waals surface area (Å²) in [4.78, 5) is 20.6. The standard InChI is InChI=1S/C16H13N5O/c1-2-17-16-13-14(19-8-7-18-13)21-15(22-16)12-9-10-5-3-4-6-11(10)20-12/h3-9,20H,2H2,1H3/b17-16-. The van der Waals surface area contributed by atoms with E-state index in [0.717, 1.165) is 16.6 Å². The molecule has 0 aliphatic carbocycles. The number of rotatable bonds is 2. The first kappa shape index (κ1) is 12.7. The lowest BCUT2D eigenvalue weighted by atomic mass is 10.2. The van der Waals surface area contributed by atoms with Crippen LogP contribution in [-0.2, 0) is 0 Å². The first-order valence-corrected chi connectivity index (χ1v) is 7.05. The van der Waals surface area contributed by atoms with Crippen molar-refractivity contribution in [3.05, 3.63) is 48.3 Å². The number of hydrogen-bond donors (Lipinski definition) is 1. The highest BCUT2D eigenvalue weighted by Gasteiger charge is 2.11. The number of aromatic amines is 1. The minimum absolute atomic E-state index is 0.453. The predicted molar refractivity (Wildman–Crippen MR) is 83.0 cm³/mol. The maximum atomic E-state index is 5.84. The molecule has 0 unspecified atom stereocenters. The summed E-state index contributed by atoms with van der Waals surface area (Å²) in [5.41, 5.74) is 3.37. The van der Waals surface area contributed by atoms with E-state index in [1.807, 2.05) is 37.3 Å². The summed E-state index contributed by atoms with van der Waals surface area (Å²) >= 11 is 0. The molecule has 0 atom stereocenters. The number of H-pyrrole nitrogens is 1. The van der Waals surface area contributed by atoms with Crippen molar-refractivity contribution < 1.29 is 4.42 Å². The van der Waals surface area contributed by atoms with Gasteiger partial charge in [0.05, 0.1) is 0 Å². The Morgan fingerprint density at radius 3 is 2.91 bits per heavy atom. The van der Waals surface area contributed by atoms with E-state index in [1.54, 1.807) is 12.4 Å². The Morgan fingerprint density at radius 1 is 1.18 bits per heavy atom. The molecule has 0 bridgehead atoms. The van der Waals surface area contributed by atoms with E-state index in [2.05, 4.69) is 24.9 Å². The van der Waals surface area contributed by atoms with Crippen molar-refractivity contribution in [1.82, 2.24) is 19.9 Å². The van der Waals surface area contributed by atoms with E-state index < -0.39 is 0 Å². The van der Waals surface area contributed by atoms with Crippen LogP contribution >= 0.6 is 0 Å². The first-order valence-electron chi connectivity index (χ1n) is 7.05. The van der Waals surface area contributed by atoms with Crippen molar-refractivity contribution in [3.8, 4) is 11.6 Å². The lowest BCUT2D eigenvalue weighted by molar-refractivity contribution is 0.494. The monoisotopic (exact) mass is 291 g/mol. The molecule has 0 saturated carbocycles. The van der Waals surface area contributed by atoms with Crippen LogP contribution in [0.5, 0.6) is 0 Å². The van der Waals surface area contributed by atoms with Crippen molar-refractivity contribution in [1.29, 1.82) is 0 Å². The van der Waals surface area contributed by atoms with Gasteiger partial charge in [0.2, 0.25) is 11.4 Å². The van der Waals surface area contributed by atoms with Crippen LogP contribution in [0.4, 0.5) is 0 Å². The number of hydrogen-bond acceptors (Lipinski definition) is 5. The second-order valence-electron chi connectivity index (χ2n) is 4.80. The summed E-state index contributed by atoms with van der Waals surface area (Å²) in [5, 5.41) is 1.10. The summed E-state index contributed by atoms with van der Waals surface area (Å²) in [7, 11) is 0. The highest BCUT2D eigenvalue weighted by atomic mass is 16.3. The van der Waals surface area contributed by atoms with Crippen LogP contribution < -0.4 is 5.55 Å². The molecule has 0 spiro atoms. The highest BCUT2D eigenvalue weighted by molar-refractivity contribution is 5.84. The number of para-hydroxylation sites is 1. The van der Waals surface area contributed by atoms with Gasteiger partial charge in [-0.2, -0.15) is 4.98 Å². The van der Waals surface area contributed by atoms with E-state index in [-0.39, 0.29) is 0 Å². The molecule has 3 heterocycles. The van der Waals surface area contributed by atoms with Crippen molar-refractivity contribution >= 4 is 22.1 Å². The van der Waals surface area contributed by atoms with Crippen LogP contribution in [0.1, 0.15) is 6.92 Å². The molecule has 1 aromatic carbocycles. The second kappa shape index (κ2) is 5.07. The molecular formula is C16H13N5O. The average molecular weight is 291 g/mol. The third kappa shape index (κ3) is 2.05. The minimum Gasteiger partial charge on any atom is -0.416 e. The van der Waals surface area contributed by atoms with E-state index in [4.69, 9.17) is 4.42 Å². The SMILES string of the molecule is CC/N=c1\oc(-c2cc3ccccc3[nH]2)nc2nccnc12. The Labute approximate surface area is 125 Å². The number of fused-ring (bicyclic) bond motifs is 2. The fourth-order valence-electron chi connectivity index (χ4n) is 2.38. The molecule has 22 heavy (non-hydrogen) atoms. The molecule has 0 aliphatic rings. The quantitative estimate of drug-likeness (QED) is 0.615. The molecule has 1 N–H and O–H groups in total. The lowest BCUT2D eigenvalue weighted by Gasteiger charge is -2.00. The number of aromatic nitrogens is 4. The molecule has 3 aromatic heterocycles. The summed E-state index contributed by atoms with van der Waals surface area (Å²) in [6.07, 6.45) is 3.22. The van der Waals surface area contributed by atoms with Crippen LogP contribution in [0, 0.1) is 0 Å². The molecule has 6 heteroatoms. The van der Waals surface area contributed by atoms with Crippen molar-refractivity contribution in [2.75, 3.05) is 6.54 Å². The summed E-state index contributed by atoms with van der Waals surface area (Å²) in [6.45, 7) is 2.55. The van der Waals surface area contributed by atoms with Gasteiger partial charge in [-0.1, -0.05) is 18.2 Å². The number of benzene rings is 1. The van der Waals surface area contributed by atoms with Crippen LogP contribution in [0.2, 0.25) is 0 Å². The largest absolute Gasteiger partial charge is 0.416 e. The zero-order chi connectivity index (χ0) is 14.9. The number of nitrogens with zero attached hydrogens (tertiary/aromatic N) is 4.